The van der Waals surface area contributed by atoms with Gasteiger partial charge in [-0.2, -0.15) is 0 Å². The molecule has 112 valence electrons. The van der Waals surface area contributed by atoms with Gasteiger partial charge >= 0.3 is 0 Å². The molecule has 0 aliphatic heterocycles. The molecule has 2 aromatic carbocycles. The predicted molar refractivity (Wildman–Crippen MR) is 89.9 cm³/mol. The van der Waals surface area contributed by atoms with Crippen LogP contribution in [-0.2, 0) is 13.0 Å². The highest BCUT2D eigenvalue weighted by molar-refractivity contribution is 5.56. The zero-order valence-corrected chi connectivity index (χ0v) is 13.2. The summed E-state index contributed by atoms with van der Waals surface area (Å²) < 4.78 is 5.88. The van der Waals surface area contributed by atoms with E-state index in [-0.39, 0.29) is 0 Å². The number of anilines is 1. The molecule has 0 atom stereocenters. The van der Waals surface area contributed by atoms with E-state index in [0.717, 1.165) is 31.0 Å². The third kappa shape index (κ3) is 4.52. The van der Waals surface area contributed by atoms with E-state index in [0.29, 0.717) is 5.92 Å². The van der Waals surface area contributed by atoms with Crippen LogP contribution in [0.15, 0.2) is 48.5 Å². The van der Waals surface area contributed by atoms with E-state index < -0.39 is 0 Å². The summed E-state index contributed by atoms with van der Waals surface area (Å²) in [6.07, 6.45) is 1.06. The van der Waals surface area contributed by atoms with Gasteiger partial charge in [0, 0.05) is 6.54 Å². The van der Waals surface area contributed by atoms with Crippen LogP contribution in [0.5, 0.6) is 5.75 Å². The first-order chi connectivity index (χ1) is 10.2. The van der Waals surface area contributed by atoms with Gasteiger partial charge in [0.15, 0.2) is 0 Å². The second kappa shape index (κ2) is 7.72. The van der Waals surface area contributed by atoms with Gasteiger partial charge in [-0.25, -0.2) is 0 Å². The lowest BCUT2D eigenvalue weighted by molar-refractivity contribution is 0.272. The van der Waals surface area contributed by atoms with Crippen LogP contribution < -0.4 is 10.1 Å². The molecular weight excluding hydrogens is 258 g/mol. The molecule has 2 heteroatoms. The lowest BCUT2D eigenvalue weighted by Gasteiger charge is -2.15. The summed E-state index contributed by atoms with van der Waals surface area (Å²) in [5, 5.41) is 3.50. The number of rotatable bonds is 7. The highest BCUT2D eigenvalue weighted by atomic mass is 16.5. The zero-order chi connectivity index (χ0) is 15.1. The van der Waals surface area contributed by atoms with Crippen molar-refractivity contribution in [2.24, 2.45) is 5.92 Å². The largest absolute Gasteiger partial charge is 0.491 e. The molecule has 0 aromatic heterocycles. The minimum Gasteiger partial charge on any atom is -0.491 e. The molecule has 0 radical (unpaired) electrons. The van der Waals surface area contributed by atoms with Crippen molar-refractivity contribution in [2.75, 3.05) is 11.9 Å². The fraction of sp³-hybridized carbons (Fsp3) is 0.368. The molecular formula is C19H25NO. The van der Waals surface area contributed by atoms with Gasteiger partial charge in [0.2, 0.25) is 0 Å². The molecule has 2 nitrogen and oxygen atoms in total. The first-order valence-corrected chi connectivity index (χ1v) is 7.73. The smallest absolute Gasteiger partial charge is 0.142 e. The SMILES string of the molecule is CCc1ccccc1CNc1ccccc1OCC(C)C. The van der Waals surface area contributed by atoms with Crippen molar-refractivity contribution in [3.05, 3.63) is 59.7 Å². The number of ether oxygens (including phenoxy) is 1. The molecule has 2 rings (SSSR count). The average Bonchev–Trinajstić information content (AvgIpc) is 2.51. The van der Waals surface area contributed by atoms with Crippen LogP contribution in [0.4, 0.5) is 5.69 Å². The Morgan fingerprint density at radius 3 is 2.33 bits per heavy atom. The molecule has 0 saturated heterocycles. The van der Waals surface area contributed by atoms with E-state index in [4.69, 9.17) is 4.74 Å². The van der Waals surface area contributed by atoms with Crippen LogP contribution >= 0.6 is 0 Å². The van der Waals surface area contributed by atoms with Crippen LogP contribution in [0, 0.1) is 5.92 Å². The molecule has 0 amide bonds. The highest BCUT2D eigenvalue weighted by Gasteiger charge is 2.05. The Morgan fingerprint density at radius 2 is 1.62 bits per heavy atom. The number of benzene rings is 2. The quantitative estimate of drug-likeness (QED) is 0.780. The first-order valence-electron chi connectivity index (χ1n) is 7.73. The lowest BCUT2D eigenvalue weighted by atomic mass is 10.1. The van der Waals surface area contributed by atoms with E-state index in [1.165, 1.54) is 11.1 Å². The maximum absolute atomic E-state index is 5.88. The molecule has 0 aliphatic carbocycles. The summed E-state index contributed by atoms with van der Waals surface area (Å²) >= 11 is 0. The van der Waals surface area contributed by atoms with Crippen molar-refractivity contribution in [2.45, 2.75) is 33.7 Å². The van der Waals surface area contributed by atoms with Gasteiger partial charge in [-0.05, 0) is 35.6 Å². The van der Waals surface area contributed by atoms with Gasteiger partial charge in [0.25, 0.3) is 0 Å². The fourth-order valence-electron chi connectivity index (χ4n) is 2.26. The van der Waals surface area contributed by atoms with Crippen molar-refractivity contribution in [1.82, 2.24) is 0 Å². The Bertz CT molecular complexity index is 563. The molecule has 21 heavy (non-hydrogen) atoms. The summed E-state index contributed by atoms with van der Waals surface area (Å²) in [6, 6.07) is 16.7. The third-order valence-corrected chi connectivity index (χ3v) is 3.43. The Balaban J connectivity index is 2.06. The predicted octanol–water partition coefficient (Wildman–Crippen LogP) is 4.90. The van der Waals surface area contributed by atoms with Crippen LogP contribution in [0.25, 0.3) is 0 Å². The van der Waals surface area contributed by atoms with Crippen molar-refractivity contribution in [3.8, 4) is 5.75 Å². The van der Waals surface area contributed by atoms with Crippen LogP contribution in [-0.4, -0.2) is 6.61 Å². The van der Waals surface area contributed by atoms with Gasteiger partial charge in [-0.3, -0.25) is 0 Å². The summed E-state index contributed by atoms with van der Waals surface area (Å²) in [5.41, 5.74) is 3.80. The highest BCUT2D eigenvalue weighted by Crippen LogP contribution is 2.25. The number of para-hydroxylation sites is 2. The molecule has 0 bridgehead atoms. The van der Waals surface area contributed by atoms with E-state index in [1.807, 2.05) is 18.2 Å². The van der Waals surface area contributed by atoms with Crippen molar-refractivity contribution in [1.29, 1.82) is 0 Å². The van der Waals surface area contributed by atoms with E-state index >= 15 is 0 Å². The number of nitrogens with one attached hydrogen (secondary N) is 1. The molecule has 0 aliphatic rings. The van der Waals surface area contributed by atoms with Crippen molar-refractivity contribution < 1.29 is 4.74 Å². The minimum atomic E-state index is 0.527. The van der Waals surface area contributed by atoms with Gasteiger partial charge in [-0.1, -0.05) is 57.2 Å². The molecule has 0 spiro atoms. The van der Waals surface area contributed by atoms with E-state index in [2.05, 4.69) is 56.4 Å². The summed E-state index contributed by atoms with van der Waals surface area (Å²) in [5.74, 6) is 1.46. The Hall–Kier alpha value is -1.96. The molecule has 0 fully saturated rings. The van der Waals surface area contributed by atoms with Crippen LogP contribution in [0.3, 0.4) is 0 Å². The normalized spacial score (nSPS) is 10.7. The van der Waals surface area contributed by atoms with Crippen molar-refractivity contribution >= 4 is 5.69 Å². The molecule has 0 saturated carbocycles. The number of hydrogen-bond acceptors (Lipinski definition) is 2. The molecule has 1 N–H and O–H groups in total. The fourth-order valence-corrected chi connectivity index (χ4v) is 2.26. The maximum atomic E-state index is 5.88. The molecule has 2 aromatic rings. The molecule has 0 heterocycles. The topological polar surface area (TPSA) is 21.3 Å². The second-order valence-corrected chi connectivity index (χ2v) is 5.68. The standard InChI is InChI=1S/C19H25NO/c1-4-16-9-5-6-10-17(16)13-20-18-11-7-8-12-19(18)21-14-15(2)3/h5-12,15,20H,4,13-14H2,1-3H3. The van der Waals surface area contributed by atoms with Gasteiger partial charge in [0.1, 0.15) is 5.75 Å². The van der Waals surface area contributed by atoms with Crippen molar-refractivity contribution in [3.63, 3.8) is 0 Å². The first kappa shape index (κ1) is 15.4. The Morgan fingerprint density at radius 1 is 0.952 bits per heavy atom. The van der Waals surface area contributed by atoms with Crippen LogP contribution in [0.2, 0.25) is 0 Å². The Labute approximate surface area is 128 Å². The molecule has 0 unspecified atom stereocenters. The average molecular weight is 283 g/mol. The van der Waals surface area contributed by atoms with E-state index in [1.54, 1.807) is 0 Å². The lowest BCUT2D eigenvalue weighted by Crippen LogP contribution is -2.08. The number of hydrogen-bond donors (Lipinski definition) is 1. The second-order valence-electron chi connectivity index (χ2n) is 5.68. The third-order valence-electron chi connectivity index (χ3n) is 3.43. The summed E-state index contributed by atoms with van der Waals surface area (Å²) in [4.78, 5) is 0. The van der Waals surface area contributed by atoms with Gasteiger partial charge < -0.3 is 10.1 Å². The maximum Gasteiger partial charge on any atom is 0.142 e. The zero-order valence-electron chi connectivity index (χ0n) is 13.2. The Kier molecular flexibility index (Phi) is 5.68. The summed E-state index contributed by atoms with van der Waals surface area (Å²) in [6.45, 7) is 8.08. The van der Waals surface area contributed by atoms with Gasteiger partial charge in [-0.15, -0.1) is 0 Å². The van der Waals surface area contributed by atoms with Crippen LogP contribution in [0.1, 0.15) is 31.9 Å². The number of aryl methyl sites for hydroxylation is 1. The van der Waals surface area contributed by atoms with Gasteiger partial charge in [0.05, 0.1) is 12.3 Å². The monoisotopic (exact) mass is 283 g/mol. The van der Waals surface area contributed by atoms with E-state index in [9.17, 15) is 0 Å². The minimum absolute atomic E-state index is 0.527. The summed E-state index contributed by atoms with van der Waals surface area (Å²) in [7, 11) is 0.